The average Bonchev–Trinajstić information content (AvgIpc) is 3.65. The third-order valence-electron chi connectivity index (χ3n) is 10.2. The summed E-state index contributed by atoms with van der Waals surface area (Å²) in [5.74, 6) is 0. The first-order chi connectivity index (χ1) is 27.2. The predicted molar refractivity (Wildman–Crippen MR) is 227 cm³/mol. The molecule has 0 aliphatic heterocycles. The van der Waals surface area contributed by atoms with E-state index >= 15 is 0 Å². The van der Waals surface area contributed by atoms with Crippen LogP contribution in [0, 0.1) is 0 Å². The molecule has 3 heteroatoms. The van der Waals surface area contributed by atoms with Crippen LogP contribution in [-0.4, -0.2) is 9.97 Å². The molecule has 3 heterocycles. The van der Waals surface area contributed by atoms with E-state index in [9.17, 15) is 0 Å². The summed E-state index contributed by atoms with van der Waals surface area (Å²) in [6, 6.07) is 72.3. The molecular weight excluding hydrogens is 669 g/mol. The van der Waals surface area contributed by atoms with Crippen molar-refractivity contribution < 1.29 is 4.42 Å². The summed E-state index contributed by atoms with van der Waals surface area (Å²) < 4.78 is 6.24. The summed E-state index contributed by atoms with van der Waals surface area (Å²) in [5, 5.41) is 2.21. The maximum Gasteiger partial charge on any atom is 0.135 e. The van der Waals surface area contributed by atoms with Gasteiger partial charge in [0.15, 0.2) is 0 Å². The molecule has 0 radical (unpaired) electrons. The van der Waals surface area contributed by atoms with Crippen LogP contribution in [0.1, 0.15) is 0 Å². The number of pyridine rings is 2. The van der Waals surface area contributed by atoms with Gasteiger partial charge in [-0.25, -0.2) is 9.97 Å². The van der Waals surface area contributed by atoms with Crippen molar-refractivity contribution in [1.29, 1.82) is 0 Å². The number of furan rings is 1. The van der Waals surface area contributed by atoms with Gasteiger partial charge in [0.1, 0.15) is 11.2 Å². The first kappa shape index (κ1) is 32.3. The minimum atomic E-state index is 0.879. The van der Waals surface area contributed by atoms with Crippen LogP contribution in [0.5, 0.6) is 0 Å². The lowest BCUT2D eigenvalue weighted by atomic mass is 9.91. The molecule has 7 aromatic carbocycles. The molecule has 10 rings (SSSR count). The number of rotatable bonds is 7. The van der Waals surface area contributed by atoms with Gasteiger partial charge in [-0.1, -0.05) is 146 Å². The minimum Gasteiger partial charge on any atom is -0.456 e. The fourth-order valence-electron chi connectivity index (χ4n) is 7.45. The summed E-state index contributed by atoms with van der Waals surface area (Å²) in [6.07, 6.45) is 0. The van der Waals surface area contributed by atoms with Crippen molar-refractivity contribution in [2.24, 2.45) is 0 Å². The standard InChI is InChI=1S/C52H34N2O/c1-5-15-35(16-6-1)47-31-43(32-48(53-47)36-17-7-2-8-18-36)41-27-40(39-25-26-52-46(30-39)45-23-13-14-24-51(45)55-52)28-42(29-41)44-33-49(37-19-9-3-10-20-37)54-50(34-44)38-21-11-4-12-22-38/h1-34H. The Balaban J connectivity index is 1.23. The van der Waals surface area contributed by atoms with Crippen LogP contribution in [0.2, 0.25) is 0 Å². The maximum atomic E-state index is 6.24. The van der Waals surface area contributed by atoms with Crippen molar-refractivity contribution in [2.45, 2.75) is 0 Å². The maximum absolute atomic E-state index is 6.24. The van der Waals surface area contributed by atoms with Crippen LogP contribution in [0.3, 0.4) is 0 Å². The lowest BCUT2D eigenvalue weighted by Crippen LogP contribution is -1.94. The van der Waals surface area contributed by atoms with Gasteiger partial charge in [0.2, 0.25) is 0 Å². The van der Waals surface area contributed by atoms with E-state index in [1.165, 1.54) is 0 Å². The Hall–Kier alpha value is -7.36. The molecule has 0 bridgehead atoms. The van der Waals surface area contributed by atoms with Gasteiger partial charge in [-0.05, 0) is 94.0 Å². The van der Waals surface area contributed by atoms with Crippen molar-refractivity contribution in [3.05, 3.63) is 206 Å². The molecule has 0 N–H and O–H groups in total. The van der Waals surface area contributed by atoms with Crippen LogP contribution in [-0.2, 0) is 0 Å². The Bertz CT molecular complexity index is 2690. The first-order valence-corrected chi connectivity index (χ1v) is 18.6. The zero-order valence-corrected chi connectivity index (χ0v) is 29.9. The second-order valence-electron chi connectivity index (χ2n) is 13.8. The van der Waals surface area contributed by atoms with Crippen molar-refractivity contribution in [3.63, 3.8) is 0 Å². The Morgan fingerprint density at radius 2 is 0.582 bits per heavy atom. The summed E-state index contributed by atoms with van der Waals surface area (Å²) >= 11 is 0. The number of nitrogens with zero attached hydrogens (tertiary/aromatic N) is 2. The van der Waals surface area contributed by atoms with Gasteiger partial charge in [0.05, 0.1) is 22.8 Å². The highest BCUT2D eigenvalue weighted by Gasteiger charge is 2.16. The molecule has 0 saturated heterocycles. The minimum absolute atomic E-state index is 0.879. The molecule has 3 aromatic heterocycles. The van der Waals surface area contributed by atoms with Gasteiger partial charge < -0.3 is 4.42 Å². The van der Waals surface area contributed by atoms with Gasteiger partial charge in [-0.2, -0.15) is 0 Å². The Kier molecular flexibility index (Phi) is 8.16. The van der Waals surface area contributed by atoms with Gasteiger partial charge >= 0.3 is 0 Å². The molecular formula is C52H34N2O. The van der Waals surface area contributed by atoms with E-state index in [-0.39, 0.29) is 0 Å². The molecule has 0 amide bonds. The zero-order chi connectivity index (χ0) is 36.6. The highest BCUT2D eigenvalue weighted by molar-refractivity contribution is 6.06. The summed E-state index contributed by atoms with van der Waals surface area (Å²) in [5.41, 5.74) is 16.4. The number of fused-ring (bicyclic) bond motifs is 3. The summed E-state index contributed by atoms with van der Waals surface area (Å²) in [4.78, 5) is 10.4. The van der Waals surface area contributed by atoms with Crippen LogP contribution >= 0.6 is 0 Å². The Morgan fingerprint density at radius 1 is 0.236 bits per heavy atom. The molecule has 10 aromatic rings. The lowest BCUT2D eigenvalue weighted by molar-refractivity contribution is 0.669. The van der Waals surface area contributed by atoms with E-state index in [0.29, 0.717) is 0 Å². The number of aromatic nitrogens is 2. The van der Waals surface area contributed by atoms with E-state index < -0.39 is 0 Å². The monoisotopic (exact) mass is 702 g/mol. The second-order valence-corrected chi connectivity index (χ2v) is 13.8. The Morgan fingerprint density at radius 3 is 1.02 bits per heavy atom. The van der Waals surface area contributed by atoms with E-state index in [0.717, 1.165) is 100 Å². The fourth-order valence-corrected chi connectivity index (χ4v) is 7.45. The van der Waals surface area contributed by atoms with Crippen molar-refractivity contribution >= 4 is 21.9 Å². The van der Waals surface area contributed by atoms with Crippen LogP contribution in [0.4, 0.5) is 0 Å². The normalized spacial score (nSPS) is 11.3. The molecule has 0 spiro atoms. The van der Waals surface area contributed by atoms with E-state index in [4.69, 9.17) is 14.4 Å². The largest absolute Gasteiger partial charge is 0.456 e. The average molecular weight is 703 g/mol. The number of hydrogen-bond acceptors (Lipinski definition) is 3. The van der Waals surface area contributed by atoms with E-state index in [1.807, 2.05) is 36.4 Å². The summed E-state index contributed by atoms with van der Waals surface area (Å²) in [6.45, 7) is 0. The van der Waals surface area contributed by atoms with Crippen LogP contribution < -0.4 is 0 Å². The molecule has 0 atom stereocenters. The second kappa shape index (κ2) is 13.9. The molecule has 0 unspecified atom stereocenters. The first-order valence-electron chi connectivity index (χ1n) is 18.6. The molecule has 0 saturated carbocycles. The quantitative estimate of drug-likeness (QED) is 0.166. The van der Waals surface area contributed by atoms with E-state index in [1.54, 1.807) is 0 Å². The van der Waals surface area contributed by atoms with Crippen molar-refractivity contribution in [1.82, 2.24) is 9.97 Å². The molecule has 0 fully saturated rings. The third-order valence-corrected chi connectivity index (χ3v) is 10.2. The smallest absolute Gasteiger partial charge is 0.135 e. The summed E-state index contributed by atoms with van der Waals surface area (Å²) in [7, 11) is 0. The molecule has 3 nitrogen and oxygen atoms in total. The van der Waals surface area contributed by atoms with Crippen LogP contribution in [0.15, 0.2) is 211 Å². The van der Waals surface area contributed by atoms with Gasteiger partial charge in [-0.15, -0.1) is 0 Å². The molecule has 0 aliphatic rings. The number of hydrogen-bond donors (Lipinski definition) is 0. The third kappa shape index (κ3) is 6.39. The molecule has 0 aliphatic carbocycles. The van der Waals surface area contributed by atoms with Crippen LogP contribution in [0.25, 0.3) is 100 Å². The fraction of sp³-hybridized carbons (Fsp3) is 0. The highest BCUT2D eigenvalue weighted by atomic mass is 16.3. The number of para-hydroxylation sites is 1. The Labute approximate surface area is 319 Å². The van der Waals surface area contributed by atoms with E-state index in [2.05, 4.69) is 170 Å². The van der Waals surface area contributed by atoms with Crippen molar-refractivity contribution in [2.75, 3.05) is 0 Å². The predicted octanol–water partition coefficient (Wildman–Crippen LogP) is 14.0. The van der Waals surface area contributed by atoms with Gasteiger partial charge in [0.25, 0.3) is 0 Å². The van der Waals surface area contributed by atoms with Gasteiger partial charge in [0, 0.05) is 33.0 Å². The van der Waals surface area contributed by atoms with Gasteiger partial charge in [-0.3, -0.25) is 0 Å². The SMILES string of the molecule is c1ccc(-c2cc(-c3cc(-c4cc(-c5ccccc5)nc(-c5ccccc5)c4)cc(-c4ccc5oc6ccccc6c5c4)c3)cc(-c3ccccc3)n2)cc1. The molecule has 258 valence electrons. The highest BCUT2D eigenvalue weighted by Crippen LogP contribution is 2.39. The molecule has 55 heavy (non-hydrogen) atoms. The topological polar surface area (TPSA) is 38.9 Å². The lowest BCUT2D eigenvalue weighted by Gasteiger charge is -2.15. The number of benzene rings is 7. The van der Waals surface area contributed by atoms with Crippen molar-refractivity contribution in [3.8, 4) is 78.4 Å². The zero-order valence-electron chi connectivity index (χ0n) is 29.9.